The van der Waals surface area contributed by atoms with Crippen molar-refractivity contribution >= 4 is 21.9 Å². The summed E-state index contributed by atoms with van der Waals surface area (Å²) in [5.74, 6) is -1.77. The minimum atomic E-state index is -0.861. The fraction of sp³-hybridized carbons (Fsp3) is 0.118. The molecule has 0 aliphatic heterocycles. The van der Waals surface area contributed by atoms with Gasteiger partial charge >= 0.3 is 5.97 Å². The highest BCUT2D eigenvalue weighted by Gasteiger charge is 2.16. The van der Waals surface area contributed by atoms with E-state index in [2.05, 4.69) is 26.1 Å². The number of aromatic nitrogens is 2. The minimum Gasteiger partial charge on any atom is -0.452 e. The van der Waals surface area contributed by atoms with Crippen LogP contribution >= 0.6 is 15.9 Å². The molecular formula is C17H11BrF2N2O3. The van der Waals surface area contributed by atoms with Gasteiger partial charge in [-0.1, -0.05) is 33.2 Å². The van der Waals surface area contributed by atoms with Gasteiger partial charge in [0, 0.05) is 10.0 Å². The number of halogens is 3. The first-order valence-electron chi connectivity index (χ1n) is 7.15. The van der Waals surface area contributed by atoms with Crippen LogP contribution in [0.2, 0.25) is 0 Å². The SMILES string of the molecule is Cc1ccc(-c2noc(COC(=O)c3cc(Br)ccc3F)n2)cc1F. The van der Waals surface area contributed by atoms with Crippen molar-refractivity contribution in [2.45, 2.75) is 13.5 Å². The van der Waals surface area contributed by atoms with Crippen LogP contribution in [0.1, 0.15) is 21.8 Å². The summed E-state index contributed by atoms with van der Waals surface area (Å²) in [6, 6.07) is 8.46. The van der Waals surface area contributed by atoms with Crippen LogP contribution in [0.25, 0.3) is 11.4 Å². The summed E-state index contributed by atoms with van der Waals surface area (Å²) in [6.45, 7) is 1.31. The molecule has 25 heavy (non-hydrogen) atoms. The summed E-state index contributed by atoms with van der Waals surface area (Å²) in [5.41, 5.74) is 0.717. The third-order valence-electron chi connectivity index (χ3n) is 3.37. The molecule has 0 spiro atoms. The van der Waals surface area contributed by atoms with Crippen molar-refractivity contribution in [1.82, 2.24) is 10.1 Å². The van der Waals surface area contributed by atoms with Gasteiger partial charge in [0.1, 0.15) is 11.6 Å². The third-order valence-corrected chi connectivity index (χ3v) is 3.87. The van der Waals surface area contributed by atoms with Crippen LogP contribution in [0.4, 0.5) is 8.78 Å². The Hall–Kier alpha value is -2.61. The van der Waals surface area contributed by atoms with E-state index in [0.29, 0.717) is 15.6 Å². The van der Waals surface area contributed by atoms with E-state index < -0.39 is 11.8 Å². The quantitative estimate of drug-likeness (QED) is 0.596. The second-order valence-corrected chi connectivity index (χ2v) is 6.09. The Morgan fingerprint density at radius 1 is 1.20 bits per heavy atom. The van der Waals surface area contributed by atoms with Crippen molar-refractivity contribution in [1.29, 1.82) is 0 Å². The van der Waals surface area contributed by atoms with Crippen molar-refractivity contribution in [2.75, 3.05) is 0 Å². The maximum Gasteiger partial charge on any atom is 0.341 e. The number of hydrogen-bond acceptors (Lipinski definition) is 5. The summed E-state index contributed by atoms with van der Waals surface area (Å²) in [6.07, 6.45) is 0. The first kappa shape index (κ1) is 17.2. The van der Waals surface area contributed by atoms with E-state index in [-0.39, 0.29) is 29.7 Å². The van der Waals surface area contributed by atoms with Crippen LogP contribution in [0.3, 0.4) is 0 Å². The number of benzene rings is 2. The van der Waals surface area contributed by atoms with Gasteiger partial charge in [0.05, 0.1) is 5.56 Å². The second-order valence-electron chi connectivity index (χ2n) is 5.18. The molecular weight excluding hydrogens is 398 g/mol. The van der Waals surface area contributed by atoms with E-state index in [9.17, 15) is 13.6 Å². The predicted molar refractivity (Wildman–Crippen MR) is 87.6 cm³/mol. The molecule has 0 unspecified atom stereocenters. The summed E-state index contributed by atoms with van der Waals surface area (Å²) >= 11 is 3.15. The molecule has 0 N–H and O–H groups in total. The Morgan fingerprint density at radius 3 is 2.76 bits per heavy atom. The molecule has 0 bridgehead atoms. The van der Waals surface area contributed by atoms with Crippen LogP contribution in [-0.4, -0.2) is 16.1 Å². The molecule has 0 saturated heterocycles. The number of carbonyl (C=O) groups excluding carboxylic acids is 1. The molecule has 0 saturated carbocycles. The maximum absolute atomic E-state index is 13.6. The Balaban J connectivity index is 1.70. The maximum atomic E-state index is 13.6. The van der Waals surface area contributed by atoms with Crippen molar-refractivity contribution in [2.24, 2.45) is 0 Å². The predicted octanol–water partition coefficient (Wildman–Crippen LogP) is 4.44. The summed E-state index contributed by atoms with van der Waals surface area (Å²) in [5, 5.41) is 3.71. The molecule has 5 nitrogen and oxygen atoms in total. The topological polar surface area (TPSA) is 65.2 Å². The van der Waals surface area contributed by atoms with Crippen molar-refractivity contribution in [3.05, 3.63) is 69.5 Å². The standard InChI is InChI=1S/C17H11BrF2N2O3/c1-9-2-3-10(6-14(9)20)16-21-15(25-22-16)8-24-17(23)12-7-11(18)4-5-13(12)19/h2-7H,8H2,1H3. The second kappa shape index (κ2) is 7.10. The lowest BCUT2D eigenvalue weighted by molar-refractivity contribution is 0.0424. The Labute approximate surface area is 149 Å². The third kappa shape index (κ3) is 3.90. The van der Waals surface area contributed by atoms with Gasteiger partial charge in [-0.3, -0.25) is 0 Å². The van der Waals surface area contributed by atoms with Crippen molar-refractivity contribution in [3.63, 3.8) is 0 Å². The summed E-state index contributed by atoms with van der Waals surface area (Å²) in [7, 11) is 0. The number of hydrogen-bond donors (Lipinski definition) is 0. The van der Waals surface area contributed by atoms with Gasteiger partial charge in [-0.2, -0.15) is 4.98 Å². The Kier molecular flexibility index (Phi) is 4.89. The molecule has 128 valence electrons. The van der Waals surface area contributed by atoms with Gasteiger partial charge in [-0.15, -0.1) is 0 Å². The van der Waals surface area contributed by atoms with E-state index in [0.717, 1.165) is 6.07 Å². The van der Waals surface area contributed by atoms with E-state index in [1.54, 1.807) is 19.1 Å². The lowest BCUT2D eigenvalue weighted by Crippen LogP contribution is -2.07. The molecule has 3 rings (SSSR count). The van der Waals surface area contributed by atoms with Gasteiger partial charge in [0.25, 0.3) is 5.89 Å². The van der Waals surface area contributed by atoms with Gasteiger partial charge in [-0.05, 0) is 36.8 Å². The van der Waals surface area contributed by atoms with E-state index >= 15 is 0 Å². The largest absolute Gasteiger partial charge is 0.452 e. The number of carbonyl (C=O) groups is 1. The highest BCUT2D eigenvalue weighted by molar-refractivity contribution is 9.10. The molecule has 0 radical (unpaired) electrons. The Bertz CT molecular complexity index is 943. The molecule has 0 atom stereocenters. The van der Waals surface area contributed by atoms with E-state index in [1.807, 2.05) is 0 Å². The number of ether oxygens (including phenoxy) is 1. The first-order valence-corrected chi connectivity index (χ1v) is 7.94. The average Bonchev–Trinajstić information content (AvgIpc) is 3.06. The summed E-state index contributed by atoms with van der Waals surface area (Å²) < 4.78 is 37.7. The molecule has 3 aromatic rings. The number of aryl methyl sites for hydroxylation is 1. The highest BCUT2D eigenvalue weighted by Crippen LogP contribution is 2.20. The average molecular weight is 409 g/mol. The zero-order valence-electron chi connectivity index (χ0n) is 12.9. The van der Waals surface area contributed by atoms with Crippen molar-refractivity contribution in [3.8, 4) is 11.4 Å². The molecule has 0 aliphatic carbocycles. The molecule has 1 heterocycles. The molecule has 8 heteroatoms. The monoisotopic (exact) mass is 408 g/mol. The zero-order valence-corrected chi connectivity index (χ0v) is 14.5. The fourth-order valence-corrected chi connectivity index (χ4v) is 2.38. The van der Waals surface area contributed by atoms with Crippen LogP contribution < -0.4 is 0 Å². The van der Waals surface area contributed by atoms with Crippen LogP contribution in [-0.2, 0) is 11.3 Å². The van der Waals surface area contributed by atoms with Crippen LogP contribution in [0.5, 0.6) is 0 Å². The molecule has 0 aliphatic rings. The number of rotatable bonds is 4. The van der Waals surface area contributed by atoms with Crippen LogP contribution in [0.15, 0.2) is 45.4 Å². The van der Waals surface area contributed by atoms with Gasteiger partial charge in [0.15, 0.2) is 6.61 Å². The number of esters is 1. The zero-order chi connectivity index (χ0) is 18.0. The normalized spacial score (nSPS) is 10.7. The summed E-state index contributed by atoms with van der Waals surface area (Å²) in [4.78, 5) is 16.0. The molecule has 0 fully saturated rings. The van der Waals surface area contributed by atoms with Crippen molar-refractivity contribution < 1.29 is 22.8 Å². The van der Waals surface area contributed by atoms with Gasteiger partial charge < -0.3 is 9.26 Å². The molecule has 1 aromatic heterocycles. The van der Waals surface area contributed by atoms with Gasteiger partial charge in [0.2, 0.25) is 5.82 Å². The highest BCUT2D eigenvalue weighted by atomic mass is 79.9. The smallest absolute Gasteiger partial charge is 0.341 e. The Morgan fingerprint density at radius 2 is 2.00 bits per heavy atom. The lowest BCUT2D eigenvalue weighted by atomic mass is 10.1. The lowest BCUT2D eigenvalue weighted by Gasteiger charge is -2.03. The van der Waals surface area contributed by atoms with E-state index in [4.69, 9.17) is 9.26 Å². The van der Waals surface area contributed by atoms with E-state index in [1.165, 1.54) is 18.2 Å². The van der Waals surface area contributed by atoms with Gasteiger partial charge in [-0.25, -0.2) is 13.6 Å². The fourth-order valence-electron chi connectivity index (χ4n) is 2.02. The number of nitrogens with zero attached hydrogens (tertiary/aromatic N) is 2. The minimum absolute atomic E-state index is 0.0136. The molecule has 2 aromatic carbocycles. The molecule has 0 amide bonds. The van der Waals surface area contributed by atoms with Crippen LogP contribution in [0, 0.1) is 18.6 Å². The first-order chi connectivity index (χ1) is 11.9.